The average molecular weight is 320 g/mol. The summed E-state index contributed by atoms with van der Waals surface area (Å²) >= 11 is 0. The lowest BCUT2D eigenvalue weighted by molar-refractivity contribution is -0.147. The highest BCUT2D eigenvalue weighted by Crippen LogP contribution is 2.27. The van der Waals surface area contributed by atoms with Gasteiger partial charge in [0.2, 0.25) is 0 Å². The molecule has 2 aliphatic rings. The molecule has 1 saturated carbocycles. The van der Waals surface area contributed by atoms with Crippen LogP contribution in [-0.4, -0.2) is 47.2 Å². The van der Waals surface area contributed by atoms with E-state index in [9.17, 15) is 9.59 Å². The molecule has 0 aromatic carbocycles. The summed E-state index contributed by atoms with van der Waals surface area (Å²) in [4.78, 5) is 24.8. The van der Waals surface area contributed by atoms with Crippen molar-refractivity contribution >= 4 is 24.3 Å². The number of hydrogen-bond acceptors (Lipinski definition) is 3. The van der Waals surface area contributed by atoms with Gasteiger partial charge in [0.1, 0.15) is 6.10 Å². The topological polar surface area (TPSA) is 66.8 Å². The molecule has 0 aromatic heterocycles. The number of hydrogen-bond donors (Lipinski definition) is 1. The molecule has 1 amide bonds. The molecule has 0 spiro atoms. The number of aliphatic carboxylic acids is 1. The van der Waals surface area contributed by atoms with Crippen LogP contribution < -0.4 is 0 Å². The number of halogens is 1. The Hall–Kier alpha value is -0.810. The highest BCUT2D eigenvalue weighted by Gasteiger charge is 2.34. The quantitative estimate of drug-likeness (QED) is 0.863. The standard InChI is InChI=1S/C15H25NO4.ClH/c1-10-4-3-5-13(8-10)20-11(2)14(17)16-7-6-12(9-16)15(18)19;/h10-13H,3-9H2,1-2H3,(H,18,19);1H. The van der Waals surface area contributed by atoms with Gasteiger partial charge in [-0.1, -0.05) is 19.8 Å². The van der Waals surface area contributed by atoms with Gasteiger partial charge in [-0.25, -0.2) is 0 Å². The molecule has 122 valence electrons. The van der Waals surface area contributed by atoms with Gasteiger partial charge in [-0.15, -0.1) is 12.4 Å². The SMILES string of the molecule is CC1CCCC(OC(C)C(=O)N2CCC(C(=O)O)C2)C1.Cl. The van der Waals surface area contributed by atoms with E-state index in [1.165, 1.54) is 6.42 Å². The van der Waals surface area contributed by atoms with E-state index in [1.54, 1.807) is 11.8 Å². The number of amides is 1. The van der Waals surface area contributed by atoms with Gasteiger partial charge >= 0.3 is 5.97 Å². The van der Waals surface area contributed by atoms with Crippen LogP contribution in [0, 0.1) is 11.8 Å². The summed E-state index contributed by atoms with van der Waals surface area (Å²) in [7, 11) is 0. The number of carbonyl (C=O) groups excluding carboxylic acids is 1. The van der Waals surface area contributed by atoms with E-state index in [4.69, 9.17) is 9.84 Å². The van der Waals surface area contributed by atoms with Crippen LogP contribution in [0.15, 0.2) is 0 Å². The highest BCUT2D eigenvalue weighted by atomic mass is 35.5. The minimum absolute atomic E-state index is 0. The minimum atomic E-state index is -0.810. The molecule has 6 heteroatoms. The van der Waals surface area contributed by atoms with Crippen molar-refractivity contribution < 1.29 is 19.4 Å². The zero-order valence-electron chi connectivity index (χ0n) is 12.8. The first-order chi connectivity index (χ1) is 9.47. The number of carboxylic acids is 1. The van der Waals surface area contributed by atoms with Crippen molar-refractivity contribution in [2.75, 3.05) is 13.1 Å². The molecule has 4 unspecified atom stereocenters. The first kappa shape index (κ1) is 18.2. The van der Waals surface area contributed by atoms with Gasteiger partial charge in [0, 0.05) is 13.1 Å². The Bertz CT molecular complexity index is 377. The van der Waals surface area contributed by atoms with E-state index in [-0.39, 0.29) is 24.4 Å². The van der Waals surface area contributed by atoms with Gasteiger partial charge in [0.25, 0.3) is 5.91 Å². The molecule has 1 N–H and O–H groups in total. The molecule has 2 fully saturated rings. The van der Waals surface area contributed by atoms with E-state index in [0.717, 1.165) is 19.3 Å². The van der Waals surface area contributed by atoms with Crippen molar-refractivity contribution in [3.8, 4) is 0 Å². The smallest absolute Gasteiger partial charge is 0.308 e. The van der Waals surface area contributed by atoms with Crippen molar-refractivity contribution in [2.45, 2.75) is 58.2 Å². The molecule has 0 aromatic rings. The van der Waals surface area contributed by atoms with E-state index in [2.05, 4.69) is 6.92 Å². The predicted molar refractivity (Wildman–Crippen MR) is 81.5 cm³/mol. The lowest BCUT2D eigenvalue weighted by atomic mass is 9.88. The third-order valence-electron chi connectivity index (χ3n) is 4.48. The average Bonchev–Trinajstić information content (AvgIpc) is 2.87. The van der Waals surface area contributed by atoms with Gasteiger partial charge in [0.15, 0.2) is 0 Å². The molecular weight excluding hydrogens is 294 g/mol. The largest absolute Gasteiger partial charge is 0.481 e. The van der Waals surface area contributed by atoms with Crippen molar-refractivity contribution in [2.24, 2.45) is 11.8 Å². The van der Waals surface area contributed by atoms with E-state index in [1.807, 2.05) is 0 Å². The fourth-order valence-corrected chi connectivity index (χ4v) is 3.27. The number of ether oxygens (including phenoxy) is 1. The van der Waals surface area contributed by atoms with Gasteiger partial charge in [-0.05, 0) is 32.1 Å². The van der Waals surface area contributed by atoms with Crippen LogP contribution in [0.3, 0.4) is 0 Å². The van der Waals surface area contributed by atoms with Crippen molar-refractivity contribution in [1.29, 1.82) is 0 Å². The molecule has 0 bridgehead atoms. The third-order valence-corrected chi connectivity index (χ3v) is 4.48. The second kappa shape index (κ2) is 7.99. The normalized spacial score (nSPS) is 30.6. The van der Waals surface area contributed by atoms with Crippen LogP contribution in [-0.2, 0) is 14.3 Å². The molecule has 1 aliphatic carbocycles. The zero-order valence-corrected chi connectivity index (χ0v) is 13.6. The maximum atomic E-state index is 12.3. The second-order valence-corrected chi connectivity index (χ2v) is 6.28. The van der Waals surface area contributed by atoms with E-state index < -0.39 is 18.0 Å². The predicted octanol–water partition coefficient (Wildman–Crippen LogP) is 2.33. The summed E-state index contributed by atoms with van der Waals surface area (Å²) in [6.45, 7) is 4.86. The van der Waals surface area contributed by atoms with Gasteiger partial charge in [-0.3, -0.25) is 9.59 Å². The van der Waals surface area contributed by atoms with Crippen LogP contribution in [0.2, 0.25) is 0 Å². The Labute approximate surface area is 132 Å². The van der Waals surface area contributed by atoms with Crippen molar-refractivity contribution in [1.82, 2.24) is 4.90 Å². The Morgan fingerprint density at radius 2 is 2.00 bits per heavy atom. The molecule has 5 nitrogen and oxygen atoms in total. The van der Waals surface area contributed by atoms with Gasteiger partial charge in [0.05, 0.1) is 12.0 Å². The Morgan fingerprint density at radius 3 is 2.57 bits per heavy atom. The minimum Gasteiger partial charge on any atom is -0.481 e. The lowest BCUT2D eigenvalue weighted by Gasteiger charge is -2.30. The van der Waals surface area contributed by atoms with E-state index in [0.29, 0.717) is 25.4 Å². The van der Waals surface area contributed by atoms with Crippen LogP contribution in [0.25, 0.3) is 0 Å². The first-order valence-corrected chi connectivity index (χ1v) is 7.64. The summed E-state index contributed by atoms with van der Waals surface area (Å²) in [5, 5.41) is 8.97. The molecule has 21 heavy (non-hydrogen) atoms. The Balaban J connectivity index is 0.00000220. The second-order valence-electron chi connectivity index (χ2n) is 6.28. The Morgan fingerprint density at radius 1 is 1.29 bits per heavy atom. The molecular formula is C15H26ClNO4. The molecule has 0 radical (unpaired) electrons. The summed E-state index contributed by atoms with van der Waals surface area (Å²) in [5.41, 5.74) is 0. The Kier molecular flexibility index (Phi) is 6.94. The molecule has 4 atom stereocenters. The van der Waals surface area contributed by atoms with Crippen LogP contribution in [0.4, 0.5) is 0 Å². The van der Waals surface area contributed by atoms with Gasteiger partial charge in [-0.2, -0.15) is 0 Å². The van der Waals surface area contributed by atoms with Crippen molar-refractivity contribution in [3.05, 3.63) is 0 Å². The summed E-state index contributed by atoms with van der Waals surface area (Å²) in [6.07, 6.45) is 4.73. The van der Waals surface area contributed by atoms with Crippen LogP contribution >= 0.6 is 12.4 Å². The maximum Gasteiger partial charge on any atom is 0.308 e. The number of rotatable bonds is 4. The third kappa shape index (κ3) is 4.85. The van der Waals surface area contributed by atoms with E-state index >= 15 is 0 Å². The molecule has 2 rings (SSSR count). The summed E-state index contributed by atoms with van der Waals surface area (Å²) in [5.74, 6) is -0.623. The number of carbonyl (C=O) groups is 2. The molecule has 1 saturated heterocycles. The van der Waals surface area contributed by atoms with Gasteiger partial charge < -0.3 is 14.7 Å². The summed E-state index contributed by atoms with van der Waals surface area (Å²) in [6, 6.07) is 0. The van der Waals surface area contributed by atoms with Crippen molar-refractivity contribution in [3.63, 3.8) is 0 Å². The van der Waals surface area contributed by atoms with Crippen LogP contribution in [0.5, 0.6) is 0 Å². The molecule has 1 aliphatic heterocycles. The van der Waals surface area contributed by atoms with Crippen LogP contribution in [0.1, 0.15) is 46.0 Å². The summed E-state index contributed by atoms with van der Waals surface area (Å²) < 4.78 is 5.89. The lowest BCUT2D eigenvalue weighted by Crippen LogP contribution is -2.40. The fourth-order valence-electron chi connectivity index (χ4n) is 3.27. The number of carboxylic acid groups (broad SMARTS) is 1. The first-order valence-electron chi connectivity index (χ1n) is 7.64. The highest BCUT2D eigenvalue weighted by molar-refractivity contribution is 5.85. The number of likely N-dealkylation sites (tertiary alicyclic amines) is 1. The maximum absolute atomic E-state index is 12.3. The zero-order chi connectivity index (χ0) is 14.7. The monoisotopic (exact) mass is 319 g/mol. The molecule has 1 heterocycles. The fraction of sp³-hybridized carbons (Fsp3) is 0.867. The number of nitrogens with zero attached hydrogens (tertiary/aromatic N) is 1.